The SMILES string of the molecule is CC/C=C/[C@@H](CC(=O)O)c1cccc(OCc2ccc(-c3cc(OC)ccc3F)c(C(C)(C)C)c2)c1. The van der Waals surface area contributed by atoms with E-state index in [9.17, 15) is 14.3 Å². The molecule has 1 N–H and O–H groups in total. The van der Waals surface area contributed by atoms with Crippen molar-refractivity contribution in [1.29, 1.82) is 0 Å². The second-order valence-electron chi connectivity index (χ2n) is 9.88. The summed E-state index contributed by atoms with van der Waals surface area (Å²) in [5.74, 6) is -0.0680. The number of benzene rings is 3. The molecule has 0 spiro atoms. The Balaban J connectivity index is 1.87. The van der Waals surface area contributed by atoms with Crippen molar-refractivity contribution in [3.05, 3.63) is 95.3 Å². The fourth-order valence-corrected chi connectivity index (χ4v) is 4.16. The van der Waals surface area contributed by atoms with Crippen molar-refractivity contribution < 1.29 is 23.8 Å². The van der Waals surface area contributed by atoms with Crippen LogP contribution in [0.4, 0.5) is 4.39 Å². The van der Waals surface area contributed by atoms with E-state index in [0.717, 1.165) is 28.7 Å². The van der Waals surface area contributed by atoms with Crippen LogP contribution in [0.25, 0.3) is 11.1 Å². The van der Waals surface area contributed by atoms with Crippen LogP contribution >= 0.6 is 0 Å². The number of carboxylic acids is 1. The number of carboxylic acid groups (broad SMARTS) is 1. The lowest BCUT2D eigenvalue weighted by atomic mass is 9.81. The zero-order chi connectivity index (χ0) is 26.3. The lowest BCUT2D eigenvalue weighted by Gasteiger charge is -2.24. The summed E-state index contributed by atoms with van der Waals surface area (Å²) in [4.78, 5) is 11.3. The molecule has 0 saturated carbocycles. The number of allylic oxidation sites excluding steroid dienone is 2. The number of rotatable bonds is 10. The minimum Gasteiger partial charge on any atom is -0.497 e. The van der Waals surface area contributed by atoms with Crippen LogP contribution in [0.15, 0.2) is 72.8 Å². The lowest BCUT2D eigenvalue weighted by Crippen LogP contribution is -2.14. The summed E-state index contributed by atoms with van der Waals surface area (Å²) < 4.78 is 26.2. The Morgan fingerprint density at radius 1 is 1.03 bits per heavy atom. The Hall–Kier alpha value is -3.60. The number of aliphatic carboxylic acids is 1. The Morgan fingerprint density at radius 2 is 1.81 bits per heavy atom. The van der Waals surface area contributed by atoms with Gasteiger partial charge in [0.15, 0.2) is 0 Å². The highest BCUT2D eigenvalue weighted by Crippen LogP contribution is 2.37. The first-order valence-corrected chi connectivity index (χ1v) is 12.2. The third-order valence-corrected chi connectivity index (χ3v) is 6.05. The standard InChI is InChI=1S/C31H35FO4/c1-6-7-9-23(18-30(33)34)22-10-8-11-25(17-22)36-20-21-12-14-26(28(16-21)31(2,3)4)27-19-24(35-5)13-15-29(27)32/h7-17,19,23H,6,18,20H2,1-5H3,(H,33,34)/b9-7+/t23-/m0/s1. The molecular weight excluding hydrogens is 455 g/mol. The van der Waals surface area contributed by atoms with Crippen LogP contribution in [0.5, 0.6) is 11.5 Å². The minimum absolute atomic E-state index is 0.0250. The number of hydrogen-bond acceptors (Lipinski definition) is 3. The van der Waals surface area contributed by atoms with Gasteiger partial charge in [-0.1, -0.05) is 70.2 Å². The highest BCUT2D eigenvalue weighted by atomic mass is 19.1. The number of hydrogen-bond donors (Lipinski definition) is 1. The molecule has 190 valence electrons. The molecule has 0 aromatic heterocycles. The van der Waals surface area contributed by atoms with Crippen molar-refractivity contribution in [3.63, 3.8) is 0 Å². The maximum absolute atomic E-state index is 14.8. The number of halogens is 1. The summed E-state index contributed by atoms with van der Waals surface area (Å²) in [5, 5.41) is 9.31. The first kappa shape index (κ1) is 27.0. The van der Waals surface area contributed by atoms with Crippen LogP contribution in [0.2, 0.25) is 0 Å². The quantitative estimate of drug-likeness (QED) is 0.294. The van der Waals surface area contributed by atoms with Gasteiger partial charge < -0.3 is 14.6 Å². The van der Waals surface area contributed by atoms with E-state index in [1.807, 2.05) is 55.5 Å². The first-order valence-electron chi connectivity index (χ1n) is 12.2. The molecule has 0 aliphatic heterocycles. The highest BCUT2D eigenvalue weighted by molar-refractivity contribution is 5.71. The predicted octanol–water partition coefficient (Wildman–Crippen LogP) is 7.90. The van der Waals surface area contributed by atoms with Gasteiger partial charge in [-0.3, -0.25) is 4.79 Å². The molecule has 0 unspecified atom stereocenters. The number of methoxy groups -OCH3 is 1. The van der Waals surface area contributed by atoms with Gasteiger partial charge in [0.05, 0.1) is 13.5 Å². The monoisotopic (exact) mass is 490 g/mol. The van der Waals surface area contributed by atoms with Crippen molar-refractivity contribution in [2.24, 2.45) is 0 Å². The maximum atomic E-state index is 14.8. The van der Waals surface area contributed by atoms with Gasteiger partial charge in [-0.15, -0.1) is 0 Å². The molecule has 0 fully saturated rings. The average molecular weight is 491 g/mol. The summed E-state index contributed by atoms with van der Waals surface area (Å²) in [6, 6.07) is 18.3. The van der Waals surface area contributed by atoms with Gasteiger partial charge in [-0.05, 0) is 64.4 Å². The van der Waals surface area contributed by atoms with E-state index in [4.69, 9.17) is 9.47 Å². The van der Waals surface area contributed by atoms with E-state index in [2.05, 4.69) is 26.8 Å². The lowest BCUT2D eigenvalue weighted by molar-refractivity contribution is -0.137. The van der Waals surface area contributed by atoms with Gasteiger partial charge in [0.2, 0.25) is 0 Å². The number of ether oxygens (including phenoxy) is 2. The Labute approximate surface area is 213 Å². The summed E-state index contributed by atoms with van der Waals surface area (Å²) in [6.45, 7) is 8.66. The molecule has 3 aromatic rings. The third kappa shape index (κ3) is 6.97. The number of carbonyl (C=O) groups is 1. The van der Waals surface area contributed by atoms with Crippen LogP contribution in [0.3, 0.4) is 0 Å². The van der Waals surface area contributed by atoms with Crippen LogP contribution in [0, 0.1) is 5.82 Å². The van der Waals surface area contributed by atoms with Gasteiger partial charge in [0.1, 0.15) is 23.9 Å². The maximum Gasteiger partial charge on any atom is 0.304 e. The van der Waals surface area contributed by atoms with E-state index in [0.29, 0.717) is 23.7 Å². The molecule has 5 heteroatoms. The first-order chi connectivity index (χ1) is 17.1. The zero-order valence-electron chi connectivity index (χ0n) is 21.7. The van der Waals surface area contributed by atoms with E-state index in [-0.39, 0.29) is 23.6 Å². The van der Waals surface area contributed by atoms with Crippen LogP contribution < -0.4 is 9.47 Å². The largest absolute Gasteiger partial charge is 0.497 e. The molecule has 3 rings (SSSR count). The highest BCUT2D eigenvalue weighted by Gasteiger charge is 2.22. The van der Waals surface area contributed by atoms with Crippen molar-refractivity contribution in [1.82, 2.24) is 0 Å². The average Bonchev–Trinajstić information content (AvgIpc) is 2.85. The van der Waals surface area contributed by atoms with Crippen molar-refractivity contribution >= 4 is 5.97 Å². The molecule has 0 aliphatic carbocycles. The molecule has 0 saturated heterocycles. The van der Waals surface area contributed by atoms with Gasteiger partial charge in [-0.25, -0.2) is 4.39 Å². The molecule has 36 heavy (non-hydrogen) atoms. The van der Waals surface area contributed by atoms with Gasteiger partial charge in [0.25, 0.3) is 0 Å². The summed E-state index contributed by atoms with van der Waals surface area (Å²) in [5.41, 5.74) is 3.98. The second-order valence-corrected chi connectivity index (χ2v) is 9.88. The summed E-state index contributed by atoms with van der Waals surface area (Å²) in [6.07, 6.45) is 4.80. The van der Waals surface area contributed by atoms with E-state index < -0.39 is 5.97 Å². The molecule has 0 bridgehead atoms. The van der Waals surface area contributed by atoms with Gasteiger partial charge in [-0.2, -0.15) is 0 Å². The smallest absolute Gasteiger partial charge is 0.304 e. The molecule has 4 nitrogen and oxygen atoms in total. The predicted molar refractivity (Wildman–Crippen MR) is 142 cm³/mol. The van der Waals surface area contributed by atoms with Crippen LogP contribution in [-0.2, 0) is 16.8 Å². The van der Waals surface area contributed by atoms with E-state index in [1.54, 1.807) is 19.2 Å². The van der Waals surface area contributed by atoms with Crippen LogP contribution in [-0.4, -0.2) is 18.2 Å². The topological polar surface area (TPSA) is 55.8 Å². The molecular formula is C31H35FO4. The second kappa shape index (κ2) is 11.9. The van der Waals surface area contributed by atoms with Crippen molar-refractivity contribution in [3.8, 4) is 22.6 Å². The molecule has 3 aromatic carbocycles. The van der Waals surface area contributed by atoms with Crippen molar-refractivity contribution in [2.75, 3.05) is 7.11 Å². The Bertz CT molecular complexity index is 1220. The molecule has 0 amide bonds. The summed E-state index contributed by atoms with van der Waals surface area (Å²) >= 11 is 0. The minimum atomic E-state index is -0.839. The van der Waals surface area contributed by atoms with Gasteiger partial charge in [0, 0.05) is 11.5 Å². The van der Waals surface area contributed by atoms with E-state index in [1.165, 1.54) is 6.07 Å². The molecule has 0 radical (unpaired) electrons. The van der Waals surface area contributed by atoms with Gasteiger partial charge >= 0.3 is 5.97 Å². The molecule has 0 heterocycles. The summed E-state index contributed by atoms with van der Waals surface area (Å²) in [7, 11) is 1.57. The zero-order valence-corrected chi connectivity index (χ0v) is 21.7. The van der Waals surface area contributed by atoms with E-state index >= 15 is 0 Å². The fraction of sp³-hybridized carbons (Fsp3) is 0.323. The fourth-order valence-electron chi connectivity index (χ4n) is 4.16. The van der Waals surface area contributed by atoms with Crippen LogP contribution in [0.1, 0.15) is 63.1 Å². The molecule has 0 aliphatic rings. The Kier molecular flexibility index (Phi) is 8.92. The normalized spacial score (nSPS) is 12.5. The molecule has 1 atom stereocenters. The Morgan fingerprint density at radius 3 is 2.47 bits per heavy atom. The third-order valence-electron chi connectivity index (χ3n) is 6.05. The van der Waals surface area contributed by atoms with Crippen molar-refractivity contribution in [2.45, 2.75) is 58.5 Å².